The monoisotopic (exact) mass is 275 g/mol. The maximum Gasteiger partial charge on any atom is 0.231 e. The molecule has 0 fully saturated rings. The summed E-state index contributed by atoms with van der Waals surface area (Å²) in [5, 5.41) is 8.94. The molecule has 0 spiro atoms. The van der Waals surface area contributed by atoms with Gasteiger partial charge in [-0.15, -0.1) is 0 Å². The molecule has 2 heterocycles. The molecule has 0 radical (unpaired) electrons. The molecule has 0 bridgehead atoms. The topological polar surface area (TPSA) is 51.2 Å². The lowest BCUT2D eigenvalue weighted by atomic mass is 9.91. The molecule has 0 saturated heterocycles. The molecule has 5 nitrogen and oxygen atoms in total. The molecule has 3 rings (SSSR count). The highest BCUT2D eigenvalue weighted by Gasteiger charge is 2.33. The summed E-state index contributed by atoms with van der Waals surface area (Å²) in [4.78, 5) is 2.15. The Hall–Kier alpha value is -1.90. The number of ether oxygens (including phenoxy) is 3. The Morgan fingerprint density at radius 2 is 2.35 bits per heavy atom. The zero-order valence-electron chi connectivity index (χ0n) is 11.6. The summed E-state index contributed by atoms with van der Waals surface area (Å²) in [5.41, 5.74) is 2.19. The number of benzene rings is 1. The van der Waals surface area contributed by atoms with Crippen molar-refractivity contribution in [1.82, 2.24) is 4.90 Å². The fraction of sp³-hybridized carbons (Fsp3) is 0.467. The van der Waals surface area contributed by atoms with Crippen LogP contribution in [0.25, 0.3) is 0 Å². The first-order chi connectivity index (χ1) is 9.76. The van der Waals surface area contributed by atoms with Crippen LogP contribution in [0.15, 0.2) is 6.07 Å². The van der Waals surface area contributed by atoms with Crippen molar-refractivity contribution in [3.63, 3.8) is 0 Å². The van der Waals surface area contributed by atoms with Gasteiger partial charge in [0.1, 0.15) is 12.6 Å². The number of rotatable bonds is 1. The highest BCUT2D eigenvalue weighted by atomic mass is 16.7. The lowest BCUT2D eigenvalue weighted by Crippen LogP contribution is -2.31. The standard InChI is InChI=1S/C15H17NO4/c1-16-6-5-10-8-12-14(20-9-19-12)15(18-2)13(10)11(16)4-3-7-17/h8,11,17H,5-7,9H2,1-2H3. The van der Waals surface area contributed by atoms with Crippen molar-refractivity contribution in [3.05, 3.63) is 17.2 Å². The van der Waals surface area contributed by atoms with Crippen LogP contribution in [0.4, 0.5) is 0 Å². The number of fused-ring (bicyclic) bond motifs is 2. The quantitative estimate of drug-likeness (QED) is 0.773. The summed E-state index contributed by atoms with van der Waals surface area (Å²) in [5.74, 6) is 7.92. The molecule has 2 aliphatic rings. The molecule has 106 valence electrons. The molecule has 2 aliphatic heterocycles. The Bertz CT molecular complexity index is 588. The van der Waals surface area contributed by atoms with E-state index in [9.17, 15) is 0 Å². The minimum Gasteiger partial charge on any atom is -0.492 e. The summed E-state index contributed by atoms with van der Waals surface area (Å²) in [6.45, 7) is 0.977. The third kappa shape index (κ3) is 1.98. The first-order valence-corrected chi connectivity index (χ1v) is 6.55. The van der Waals surface area contributed by atoms with Gasteiger partial charge in [0.25, 0.3) is 0 Å². The van der Waals surface area contributed by atoms with Gasteiger partial charge in [-0.25, -0.2) is 0 Å². The molecule has 1 aromatic rings. The number of nitrogens with zero attached hydrogens (tertiary/aromatic N) is 1. The smallest absolute Gasteiger partial charge is 0.231 e. The summed E-state index contributed by atoms with van der Waals surface area (Å²) >= 11 is 0. The van der Waals surface area contributed by atoms with Crippen LogP contribution in [0.3, 0.4) is 0 Å². The normalized spacial score (nSPS) is 20.1. The lowest BCUT2D eigenvalue weighted by molar-refractivity contribution is 0.171. The maximum atomic E-state index is 8.94. The van der Waals surface area contributed by atoms with E-state index in [0.717, 1.165) is 24.3 Å². The number of hydrogen-bond acceptors (Lipinski definition) is 5. The number of likely N-dealkylation sites (N-methyl/N-ethyl adjacent to an activating group) is 1. The van der Waals surface area contributed by atoms with Crippen LogP contribution >= 0.6 is 0 Å². The molecule has 0 aliphatic carbocycles. The molecule has 1 atom stereocenters. The van der Waals surface area contributed by atoms with E-state index in [-0.39, 0.29) is 19.4 Å². The Labute approximate surface area is 118 Å². The minimum absolute atomic E-state index is 0.102. The molecular weight excluding hydrogens is 258 g/mol. The van der Waals surface area contributed by atoms with Gasteiger partial charge in [0.2, 0.25) is 12.5 Å². The number of methoxy groups -OCH3 is 1. The van der Waals surface area contributed by atoms with Gasteiger partial charge in [-0.3, -0.25) is 4.90 Å². The second-order valence-electron chi connectivity index (χ2n) is 4.83. The van der Waals surface area contributed by atoms with Gasteiger partial charge in [-0.2, -0.15) is 0 Å². The maximum absolute atomic E-state index is 8.94. The SMILES string of the molecule is COc1c2c(cc3c1C(C#CCO)N(C)CC3)OCO2. The van der Waals surface area contributed by atoms with E-state index in [4.69, 9.17) is 19.3 Å². The van der Waals surface area contributed by atoms with E-state index in [1.807, 2.05) is 13.1 Å². The van der Waals surface area contributed by atoms with Crippen molar-refractivity contribution in [3.8, 4) is 29.1 Å². The van der Waals surface area contributed by atoms with Crippen LogP contribution in [0.5, 0.6) is 17.2 Å². The van der Waals surface area contributed by atoms with Crippen molar-refractivity contribution in [2.45, 2.75) is 12.5 Å². The summed E-state index contributed by atoms with van der Waals surface area (Å²) < 4.78 is 16.5. The first kappa shape index (κ1) is 13.1. The highest BCUT2D eigenvalue weighted by Crippen LogP contribution is 2.49. The predicted octanol–water partition coefficient (Wildman–Crippen LogP) is 0.949. The summed E-state index contributed by atoms with van der Waals surface area (Å²) in [7, 11) is 3.65. The van der Waals surface area contributed by atoms with E-state index in [0.29, 0.717) is 11.5 Å². The van der Waals surface area contributed by atoms with Crippen molar-refractivity contribution in [2.75, 3.05) is 34.1 Å². The second kappa shape index (κ2) is 5.23. The minimum atomic E-state index is -0.146. The fourth-order valence-corrected chi connectivity index (χ4v) is 2.76. The molecule has 1 unspecified atom stereocenters. The second-order valence-corrected chi connectivity index (χ2v) is 4.83. The van der Waals surface area contributed by atoms with Crippen molar-refractivity contribution in [1.29, 1.82) is 0 Å². The first-order valence-electron chi connectivity index (χ1n) is 6.55. The van der Waals surface area contributed by atoms with E-state index in [1.54, 1.807) is 7.11 Å². The van der Waals surface area contributed by atoms with Gasteiger partial charge in [0, 0.05) is 12.1 Å². The van der Waals surface area contributed by atoms with Gasteiger partial charge in [0.15, 0.2) is 11.5 Å². The van der Waals surface area contributed by atoms with Crippen LogP contribution in [-0.4, -0.2) is 44.1 Å². The Morgan fingerprint density at radius 1 is 1.50 bits per heavy atom. The molecule has 1 aromatic carbocycles. The largest absolute Gasteiger partial charge is 0.492 e. The van der Waals surface area contributed by atoms with E-state index >= 15 is 0 Å². The number of aliphatic hydroxyl groups is 1. The van der Waals surface area contributed by atoms with E-state index in [1.165, 1.54) is 5.56 Å². The molecule has 0 aromatic heterocycles. The Kier molecular flexibility index (Phi) is 3.43. The number of aliphatic hydroxyl groups excluding tert-OH is 1. The van der Waals surface area contributed by atoms with Gasteiger partial charge < -0.3 is 19.3 Å². The van der Waals surface area contributed by atoms with E-state index in [2.05, 4.69) is 16.7 Å². The summed E-state index contributed by atoms with van der Waals surface area (Å²) in [6, 6.07) is 1.91. The highest BCUT2D eigenvalue weighted by molar-refractivity contribution is 5.62. The third-order valence-electron chi connectivity index (χ3n) is 3.71. The van der Waals surface area contributed by atoms with Crippen molar-refractivity contribution < 1.29 is 19.3 Å². The molecule has 20 heavy (non-hydrogen) atoms. The average molecular weight is 275 g/mol. The zero-order valence-corrected chi connectivity index (χ0v) is 11.6. The fourth-order valence-electron chi connectivity index (χ4n) is 2.76. The van der Waals surface area contributed by atoms with Gasteiger partial charge in [-0.05, 0) is 25.1 Å². The van der Waals surface area contributed by atoms with Crippen molar-refractivity contribution in [2.24, 2.45) is 0 Å². The van der Waals surface area contributed by atoms with E-state index < -0.39 is 0 Å². The summed E-state index contributed by atoms with van der Waals surface area (Å²) in [6.07, 6.45) is 0.913. The Balaban J connectivity index is 2.17. The molecule has 0 saturated carbocycles. The van der Waals surface area contributed by atoms with Crippen LogP contribution in [-0.2, 0) is 6.42 Å². The molecule has 0 amide bonds. The van der Waals surface area contributed by atoms with Crippen molar-refractivity contribution >= 4 is 0 Å². The van der Waals surface area contributed by atoms with Gasteiger partial charge >= 0.3 is 0 Å². The van der Waals surface area contributed by atoms with Gasteiger partial charge in [0.05, 0.1) is 7.11 Å². The molecule has 1 N–H and O–H groups in total. The molecular formula is C15H17NO4. The molecule has 5 heteroatoms. The van der Waals surface area contributed by atoms with Crippen LogP contribution in [0.2, 0.25) is 0 Å². The number of hydrogen-bond donors (Lipinski definition) is 1. The Morgan fingerprint density at radius 3 is 3.10 bits per heavy atom. The predicted molar refractivity (Wildman–Crippen MR) is 73.1 cm³/mol. The third-order valence-corrected chi connectivity index (χ3v) is 3.71. The van der Waals surface area contributed by atoms with Crippen LogP contribution in [0.1, 0.15) is 17.2 Å². The lowest BCUT2D eigenvalue weighted by Gasteiger charge is -2.32. The average Bonchev–Trinajstić information content (AvgIpc) is 2.92. The van der Waals surface area contributed by atoms with Crippen LogP contribution < -0.4 is 14.2 Å². The van der Waals surface area contributed by atoms with Crippen LogP contribution in [0, 0.1) is 11.8 Å². The zero-order chi connectivity index (χ0) is 14.1. The van der Waals surface area contributed by atoms with Gasteiger partial charge in [-0.1, -0.05) is 11.8 Å².